The third-order valence-electron chi connectivity index (χ3n) is 7.36. The van der Waals surface area contributed by atoms with Crippen molar-refractivity contribution < 1.29 is 17.9 Å². The number of hydrogen-bond acceptors (Lipinski definition) is 5. The van der Waals surface area contributed by atoms with Gasteiger partial charge in [0.15, 0.2) is 5.13 Å². The minimum Gasteiger partial charge on any atom is -0.760 e. The number of nitrogens with one attached hydrogen (secondary N) is 2. The maximum Gasteiger partial charge on any atom is 0.323 e. The summed E-state index contributed by atoms with van der Waals surface area (Å²) in [6.07, 6.45) is 1.16. The molecule has 0 spiro atoms. The van der Waals surface area contributed by atoms with Gasteiger partial charge in [-0.2, -0.15) is 0 Å². The van der Waals surface area contributed by atoms with Crippen molar-refractivity contribution in [2.45, 2.75) is 25.3 Å². The first kappa shape index (κ1) is 32.5. The number of benzene rings is 4. The van der Waals surface area contributed by atoms with Crippen molar-refractivity contribution in [1.82, 2.24) is 14.6 Å². The third-order valence-corrected chi connectivity index (χ3v) is 8.91. The quantitative estimate of drug-likeness (QED) is 0.126. The number of carbonyl (C=O) groups is 1. The van der Waals surface area contributed by atoms with Gasteiger partial charge in [-0.25, -0.2) is 18.9 Å². The number of carbonyl (C=O) groups excluding carboxylic acids is 1. The van der Waals surface area contributed by atoms with Crippen molar-refractivity contribution in [2.75, 3.05) is 18.4 Å². The molecule has 0 aliphatic heterocycles. The molecular weight excluding hydrogens is 631 g/mol. The van der Waals surface area contributed by atoms with Gasteiger partial charge in [-0.05, 0) is 47.2 Å². The molecular formula is C34H31ClFN4O3S2-. The van der Waals surface area contributed by atoms with E-state index in [1.807, 2.05) is 42.5 Å². The Balaban J connectivity index is 1.33. The van der Waals surface area contributed by atoms with Crippen LogP contribution in [0.2, 0.25) is 4.34 Å². The van der Waals surface area contributed by atoms with Crippen molar-refractivity contribution in [1.29, 1.82) is 0 Å². The average molecular weight is 662 g/mol. The van der Waals surface area contributed by atoms with Gasteiger partial charge in [0, 0.05) is 42.4 Å². The molecule has 2 amide bonds. The van der Waals surface area contributed by atoms with Crippen LogP contribution in [-0.2, 0) is 24.2 Å². The van der Waals surface area contributed by atoms with E-state index in [2.05, 4.69) is 39.3 Å². The number of anilines is 1. The Morgan fingerprint density at radius 2 is 1.58 bits per heavy atom. The summed E-state index contributed by atoms with van der Waals surface area (Å²) in [6, 6.07) is 33.7. The number of rotatable bonds is 13. The Labute approximate surface area is 273 Å². The van der Waals surface area contributed by atoms with E-state index in [0.29, 0.717) is 41.1 Å². The summed E-state index contributed by atoms with van der Waals surface area (Å²) in [6.45, 7) is 0.996. The number of aromatic nitrogens is 1. The predicted molar refractivity (Wildman–Crippen MR) is 178 cm³/mol. The second-order valence-electron chi connectivity index (χ2n) is 10.4. The van der Waals surface area contributed by atoms with Gasteiger partial charge in [-0.15, -0.1) is 0 Å². The second kappa shape index (κ2) is 15.9. The molecule has 5 rings (SSSR count). The van der Waals surface area contributed by atoms with Crippen LogP contribution in [0.3, 0.4) is 0 Å². The fraction of sp³-hybridized carbons (Fsp3) is 0.176. The first-order valence-corrected chi connectivity index (χ1v) is 16.6. The molecule has 4 aromatic carbocycles. The van der Waals surface area contributed by atoms with Gasteiger partial charge in [-0.3, -0.25) is 9.53 Å². The van der Waals surface area contributed by atoms with Crippen LogP contribution >= 0.6 is 22.9 Å². The van der Waals surface area contributed by atoms with Crippen LogP contribution in [0.15, 0.2) is 109 Å². The zero-order valence-electron chi connectivity index (χ0n) is 24.2. The number of amides is 2. The minimum atomic E-state index is -2.35. The van der Waals surface area contributed by atoms with E-state index in [9.17, 15) is 17.9 Å². The summed E-state index contributed by atoms with van der Waals surface area (Å²) < 4.78 is 38.2. The summed E-state index contributed by atoms with van der Waals surface area (Å²) in [5, 5.41) is 3.28. The van der Waals surface area contributed by atoms with Gasteiger partial charge < -0.3 is 9.45 Å². The lowest BCUT2D eigenvalue weighted by Gasteiger charge is -2.26. The van der Waals surface area contributed by atoms with E-state index < -0.39 is 11.3 Å². The topological polar surface area (TPSA) is 97.4 Å². The van der Waals surface area contributed by atoms with Gasteiger partial charge in [0.05, 0.1) is 0 Å². The first-order valence-electron chi connectivity index (χ1n) is 14.3. The number of urea groups is 1. The molecule has 45 heavy (non-hydrogen) atoms. The van der Waals surface area contributed by atoms with E-state index in [1.165, 1.54) is 12.1 Å². The lowest BCUT2D eigenvalue weighted by molar-refractivity contribution is 0.210. The molecule has 2 N–H and O–H groups in total. The summed E-state index contributed by atoms with van der Waals surface area (Å²) in [5.41, 5.74) is 5.15. The predicted octanol–water partition coefficient (Wildman–Crippen LogP) is 7.79. The normalized spacial score (nSPS) is 11.8. The molecule has 0 radical (unpaired) electrons. The largest absolute Gasteiger partial charge is 0.760 e. The molecule has 0 aliphatic rings. The summed E-state index contributed by atoms with van der Waals surface area (Å²) in [7, 11) is 0. The van der Waals surface area contributed by atoms with Crippen molar-refractivity contribution in [2.24, 2.45) is 0 Å². The molecule has 11 heteroatoms. The van der Waals surface area contributed by atoms with E-state index >= 15 is 0 Å². The van der Waals surface area contributed by atoms with Crippen LogP contribution in [-0.4, -0.2) is 37.8 Å². The van der Waals surface area contributed by atoms with Gasteiger partial charge in [0.1, 0.15) is 15.8 Å². The Morgan fingerprint density at radius 1 is 0.911 bits per heavy atom. The van der Waals surface area contributed by atoms with Gasteiger partial charge in [0.25, 0.3) is 0 Å². The number of halogens is 2. The lowest BCUT2D eigenvalue weighted by atomic mass is 9.88. The van der Waals surface area contributed by atoms with Crippen LogP contribution in [0.4, 0.5) is 14.3 Å². The molecule has 1 atom stereocenters. The molecule has 1 unspecified atom stereocenters. The maximum atomic E-state index is 13.9. The van der Waals surface area contributed by atoms with Crippen molar-refractivity contribution in [3.63, 3.8) is 0 Å². The molecule has 0 saturated carbocycles. The minimum absolute atomic E-state index is 0.0737. The Hall–Kier alpha value is -3.93. The van der Waals surface area contributed by atoms with E-state index in [0.717, 1.165) is 39.2 Å². The molecule has 0 bridgehead atoms. The first-order chi connectivity index (χ1) is 21.9. The molecule has 7 nitrogen and oxygen atoms in total. The van der Waals surface area contributed by atoms with Crippen molar-refractivity contribution >= 4 is 45.4 Å². The van der Waals surface area contributed by atoms with Crippen LogP contribution in [0.5, 0.6) is 0 Å². The highest BCUT2D eigenvalue weighted by Crippen LogP contribution is 2.35. The van der Waals surface area contributed by atoms with Crippen molar-refractivity contribution in [3.05, 3.63) is 142 Å². The highest BCUT2D eigenvalue weighted by Gasteiger charge is 2.21. The summed E-state index contributed by atoms with van der Waals surface area (Å²) >= 11 is 5.35. The molecule has 1 heterocycles. The molecule has 0 aliphatic carbocycles. The van der Waals surface area contributed by atoms with E-state index in [-0.39, 0.29) is 24.3 Å². The zero-order chi connectivity index (χ0) is 31.6. The Morgan fingerprint density at radius 3 is 2.20 bits per heavy atom. The van der Waals surface area contributed by atoms with Crippen molar-refractivity contribution in [3.8, 4) is 11.3 Å². The fourth-order valence-corrected chi connectivity index (χ4v) is 6.44. The Kier molecular flexibility index (Phi) is 11.5. The molecule has 0 fully saturated rings. The van der Waals surface area contributed by atoms with Crippen LogP contribution < -0.4 is 10.0 Å². The smallest absolute Gasteiger partial charge is 0.323 e. The van der Waals surface area contributed by atoms with Crippen LogP contribution in [0, 0.1) is 5.82 Å². The van der Waals surface area contributed by atoms with Gasteiger partial charge >= 0.3 is 6.03 Å². The zero-order valence-corrected chi connectivity index (χ0v) is 26.6. The van der Waals surface area contributed by atoms with Crippen LogP contribution in [0.1, 0.15) is 34.6 Å². The van der Waals surface area contributed by atoms with E-state index in [4.69, 9.17) is 11.6 Å². The molecule has 0 saturated heterocycles. The van der Waals surface area contributed by atoms with E-state index in [1.54, 1.807) is 35.2 Å². The SMILES string of the molecule is O=C(Nc1nc(-c2ccc(CNS(=O)[O-])cc2)c(Cl)s1)N(CCc1cccc(F)c1)CCC(c1ccccc1)c1ccccc1. The lowest BCUT2D eigenvalue weighted by Crippen LogP contribution is -2.38. The summed E-state index contributed by atoms with van der Waals surface area (Å²) in [4.78, 5) is 20.0. The molecule has 232 valence electrons. The van der Waals surface area contributed by atoms with Gasteiger partial charge in [0.2, 0.25) is 0 Å². The average Bonchev–Trinajstić information content (AvgIpc) is 3.42. The van der Waals surface area contributed by atoms with Gasteiger partial charge in [-0.1, -0.05) is 120 Å². The molecule has 5 aromatic rings. The second-order valence-corrected chi connectivity index (χ2v) is 12.7. The third kappa shape index (κ3) is 9.29. The highest BCUT2D eigenvalue weighted by atomic mass is 35.5. The highest BCUT2D eigenvalue weighted by molar-refractivity contribution is 7.77. The molecule has 1 aromatic heterocycles. The summed E-state index contributed by atoms with van der Waals surface area (Å²) in [5.74, 6) is -0.240. The number of thiazole rings is 1. The Bertz CT molecular complexity index is 1680. The van der Waals surface area contributed by atoms with Crippen LogP contribution in [0.25, 0.3) is 11.3 Å². The number of hydrogen-bond donors (Lipinski definition) is 2. The maximum absolute atomic E-state index is 13.9. The standard InChI is InChI=1S/C34H32ClFN4O3S2/c35-32-31(28-16-14-25(15-17-28)23-37-45(42)43)38-33(44-32)39-34(41)40(20-18-24-8-7-13-29(36)22-24)21-19-30(26-9-3-1-4-10-26)27-11-5-2-6-12-27/h1-17,22,30,37H,18-21,23H2,(H,42,43)(H,38,39,41)/p-1. The number of nitrogens with zero attached hydrogens (tertiary/aromatic N) is 2. The monoisotopic (exact) mass is 661 g/mol. The fourth-order valence-electron chi connectivity index (χ4n) is 5.08.